The van der Waals surface area contributed by atoms with Gasteiger partial charge in [0.2, 0.25) is 17.7 Å². The van der Waals surface area contributed by atoms with Crippen LogP contribution in [-0.2, 0) is 68.7 Å². The molecular formula is C105H106Cl4F8N20O10. The van der Waals surface area contributed by atoms with Crippen LogP contribution in [0.3, 0.4) is 0 Å². The van der Waals surface area contributed by atoms with Crippen LogP contribution < -0.4 is 40.2 Å². The fourth-order valence-electron chi connectivity index (χ4n) is 16.3. The molecule has 4 N–H and O–H groups in total. The molecule has 0 spiro atoms. The lowest BCUT2D eigenvalue weighted by molar-refractivity contribution is -0.132. The monoisotopic (exact) mass is 2100 g/mol. The topological polar surface area (TPSA) is 346 Å². The summed E-state index contributed by atoms with van der Waals surface area (Å²) >= 11 is 25.6. The summed E-state index contributed by atoms with van der Waals surface area (Å²) in [6.45, 7) is 24.0. The molecule has 147 heavy (non-hydrogen) atoms. The first-order chi connectivity index (χ1) is 70.5. The lowest BCUT2D eigenvalue weighted by Gasteiger charge is -2.22. The van der Waals surface area contributed by atoms with Crippen LogP contribution in [0.5, 0.6) is 23.0 Å². The van der Waals surface area contributed by atoms with E-state index in [1.165, 1.54) is 89.4 Å². The molecule has 42 heteroatoms. The zero-order valence-corrected chi connectivity index (χ0v) is 85.9. The predicted molar refractivity (Wildman–Crippen MR) is 543 cm³/mol. The molecule has 16 rings (SSSR count). The van der Waals surface area contributed by atoms with Crippen LogP contribution in [0.15, 0.2) is 171 Å². The van der Waals surface area contributed by atoms with Gasteiger partial charge in [-0.1, -0.05) is 102 Å². The molecule has 8 aromatic carbocycles. The fourth-order valence-corrected chi connectivity index (χ4v) is 17.4. The van der Waals surface area contributed by atoms with Crippen molar-refractivity contribution in [1.82, 2.24) is 100 Å². The maximum absolute atomic E-state index is 14.4. The number of fused-ring (bicyclic) bond motifs is 4. The number of nitrogens with one attached hydrogen (secondary N) is 4. The minimum absolute atomic E-state index is 0.00868. The van der Waals surface area contributed by atoms with Crippen molar-refractivity contribution in [2.24, 2.45) is 7.05 Å². The first-order valence-electron chi connectivity index (χ1n) is 47.0. The number of alkyl halides is 4. The van der Waals surface area contributed by atoms with Crippen molar-refractivity contribution in [2.45, 2.75) is 199 Å². The van der Waals surface area contributed by atoms with Gasteiger partial charge in [-0.25, -0.2) is 93.7 Å². The second-order valence-corrected chi connectivity index (χ2v) is 35.9. The van der Waals surface area contributed by atoms with Crippen molar-refractivity contribution in [3.05, 3.63) is 293 Å². The highest BCUT2D eigenvalue weighted by molar-refractivity contribution is 6.32. The van der Waals surface area contributed by atoms with Crippen molar-refractivity contribution in [3.8, 4) is 57.1 Å². The van der Waals surface area contributed by atoms with Crippen molar-refractivity contribution in [2.75, 3.05) is 13.2 Å². The number of rotatable bonds is 35. The molecule has 0 aliphatic carbocycles. The fraction of sp³-hybridized carbons (Fsp3) is 0.314. The van der Waals surface area contributed by atoms with Gasteiger partial charge in [0.25, 0.3) is 5.91 Å². The van der Waals surface area contributed by atoms with Crippen molar-refractivity contribution >= 4 is 114 Å². The summed E-state index contributed by atoms with van der Waals surface area (Å²) in [5, 5.41) is 31.2. The summed E-state index contributed by atoms with van der Waals surface area (Å²) in [6, 6.07) is 35.8. The van der Waals surface area contributed by atoms with Crippen LogP contribution in [-0.4, -0.2) is 141 Å². The average molecular weight is 2100 g/mol. The highest BCUT2D eigenvalue weighted by Gasteiger charge is 2.29. The molecule has 4 unspecified atom stereocenters. The number of hydrogen-bond acceptors (Lipinski definition) is 22. The SMILES string of the molecule is CC[C@H](NC(=O)COC(C)F)c1cc(F)cc(Cl)c1COc1cccc2c(-n3ncnc3C)cc(C)nc12.CCn1ncnc1-c1cc(C)nc2c(OCc3c(Cl)cc(F)cc3[C@H](C)NC(=O)COC(C)F)cccc12.Cc1cc(-n2ncnc2C)c2cccc(OCc3c(Cl)cc(F)cc3[C@H](C)NC(=O)C(C)F)c2n1.[2H][C@@](C)(NC(=O)CC(C)F)c1cc(F)cc(Cl)c1COc1cccc2c(-c3ncnn3C)cc(C)nc12. The smallest absolute Gasteiger partial charge is 0.254 e. The number of carbonyl (C=O) groups is 4. The van der Waals surface area contributed by atoms with Gasteiger partial charge in [-0.3, -0.25) is 19.2 Å². The molecule has 770 valence electrons. The summed E-state index contributed by atoms with van der Waals surface area (Å²) < 4.78 is 159. The Morgan fingerprint density at radius 2 is 0.776 bits per heavy atom. The standard InChI is InChI=1S/2C27H28ClF2N5O3.C26H26ClF2N5O2.C25H24ClF2N5O2/c1-5-23(34-26(36)13-37-16(3)29)20-10-18(30)11-22(28)21(20)12-38-25-8-6-7-19-24(9-15(2)33-27(19)25)35-17(4)31-14-32-35;1-5-35-27(31-14-32-35)21-9-15(2)33-26-19(21)7-6-8-24(26)38-12-22-20(10-18(30)11-23(22)28)16(3)34-25(36)13-37-17(4)29;1-14(28)8-24(35)33-16(3)19-10-17(29)11-22(27)21(19)12-36-23-7-5-6-18-20(9-15(2)32-25(18)23)26-30-13-31-34(26)4;1-13-8-22(33-16(4)29-12-30-33)18-6-5-7-23(24(18)31-13)35-11-20-19(9-17(28)10-21(20)26)15(3)32-25(34)14(2)27/h6-11,14,16,23H,5,12-13H2,1-4H3,(H,34,36);6-11,14,16-17H,5,12-13H2,1-4H3,(H,34,36);5-7,9-11,13-14,16H,8,12H2,1-4H3,(H,33,35);5-10,12,14-15H,11H2,1-4H3,(H,32,34)/t16?,23-;16-,17?;14?,16-;14?,15-/m0000/s1/i;;16D;. The number of aryl methyl sites for hydroxylation is 8. The van der Waals surface area contributed by atoms with Gasteiger partial charge in [-0.2, -0.15) is 20.4 Å². The molecule has 0 saturated carbocycles. The molecule has 4 amide bonds. The van der Waals surface area contributed by atoms with E-state index in [0.29, 0.717) is 103 Å². The van der Waals surface area contributed by atoms with Crippen molar-refractivity contribution in [1.29, 1.82) is 0 Å². The van der Waals surface area contributed by atoms with Crippen LogP contribution in [0.25, 0.3) is 77.8 Å². The van der Waals surface area contributed by atoms with E-state index in [1.807, 2.05) is 128 Å². The van der Waals surface area contributed by atoms with Gasteiger partial charge in [0.1, 0.15) is 151 Å². The Bertz CT molecular complexity index is 7550. The second kappa shape index (κ2) is 49.6. The number of amides is 4. The first kappa shape index (κ1) is 108. The van der Waals surface area contributed by atoms with Gasteiger partial charge < -0.3 is 49.7 Å². The van der Waals surface area contributed by atoms with Crippen LogP contribution in [0.4, 0.5) is 35.1 Å². The van der Waals surface area contributed by atoms with Gasteiger partial charge in [-0.15, -0.1) is 0 Å². The third-order valence-corrected chi connectivity index (χ3v) is 24.5. The molecule has 0 radical (unpaired) electrons. The Labute approximate surface area is 862 Å². The molecule has 0 bridgehead atoms. The van der Waals surface area contributed by atoms with E-state index in [1.54, 1.807) is 63.9 Å². The Hall–Kier alpha value is -14.4. The quantitative estimate of drug-likeness (QED) is 0.0268. The number of halogens is 12. The van der Waals surface area contributed by atoms with Gasteiger partial charge in [0.15, 0.2) is 30.5 Å². The molecule has 0 fully saturated rings. The second-order valence-electron chi connectivity index (χ2n) is 34.3. The van der Waals surface area contributed by atoms with E-state index in [0.717, 1.165) is 103 Å². The van der Waals surface area contributed by atoms with Crippen LogP contribution >= 0.6 is 46.4 Å². The third kappa shape index (κ3) is 27.5. The largest absolute Gasteiger partial charge is 0.487 e. The highest BCUT2D eigenvalue weighted by Crippen LogP contribution is 2.41. The summed E-state index contributed by atoms with van der Waals surface area (Å²) in [7, 11) is 1.80. The molecular weight excluding hydrogens is 2000 g/mol. The average Bonchev–Trinajstić information content (AvgIpc) is 1.31. The number of nitrogens with zero attached hydrogens (tertiary/aromatic N) is 16. The minimum Gasteiger partial charge on any atom is -0.487 e. The van der Waals surface area contributed by atoms with E-state index in [4.69, 9.17) is 86.2 Å². The van der Waals surface area contributed by atoms with E-state index in [-0.39, 0.29) is 52.1 Å². The molecule has 0 aliphatic rings. The lowest BCUT2D eigenvalue weighted by atomic mass is 9.98. The Balaban J connectivity index is 0.000000165. The van der Waals surface area contributed by atoms with Crippen LogP contribution in [0.2, 0.25) is 20.1 Å². The first-order valence-corrected chi connectivity index (χ1v) is 48.0. The molecule has 0 saturated heterocycles. The van der Waals surface area contributed by atoms with E-state index in [9.17, 15) is 54.3 Å². The summed E-state index contributed by atoms with van der Waals surface area (Å²) in [4.78, 5) is 84.4. The predicted octanol–water partition coefficient (Wildman–Crippen LogP) is 22.4. The van der Waals surface area contributed by atoms with Gasteiger partial charge in [0.05, 0.1) is 63.4 Å². The number of benzene rings is 8. The zero-order chi connectivity index (χ0) is 107. The molecule has 30 nitrogen and oxygen atoms in total. The van der Waals surface area contributed by atoms with Crippen LogP contribution in [0.1, 0.15) is 180 Å². The van der Waals surface area contributed by atoms with Crippen LogP contribution in [0, 0.1) is 64.8 Å². The number of ether oxygens (including phenoxy) is 6. The van der Waals surface area contributed by atoms with Crippen molar-refractivity contribution < 1.29 is 84.1 Å². The van der Waals surface area contributed by atoms with E-state index >= 15 is 0 Å². The highest BCUT2D eigenvalue weighted by atomic mass is 35.5. The maximum atomic E-state index is 14.4. The van der Waals surface area contributed by atoms with E-state index < -0.39 is 116 Å². The van der Waals surface area contributed by atoms with Gasteiger partial charge in [-0.05, 0) is 223 Å². The minimum atomic E-state index is -1.79. The Kier molecular flexibility index (Phi) is 36.6. The lowest BCUT2D eigenvalue weighted by Crippen LogP contribution is -2.33. The molecule has 8 heterocycles. The summed E-state index contributed by atoms with van der Waals surface area (Å²) in [5.74, 6) is -0.126. The number of hydrogen-bond donors (Lipinski definition) is 4. The number of pyridine rings is 4. The molecule has 8 atom stereocenters. The zero-order valence-electron chi connectivity index (χ0n) is 83.8. The van der Waals surface area contributed by atoms with E-state index in [2.05, 4.69) is 71.6 Å². The molecule has 16 aromatic rings. The summed E-state index contributed by atoms with van der Waals surface area (Å²) in [6.07, 6.45) is -0.277. The van der Waals surface area contributed by atoms with Crippen molar-refractivity contribution in [3.63, 3.8) is 0 Å². The van der Waals surface area contributed by atoms with Gasteiger partial charge >= 0.3 is 0 Å². The summed E-state index contributed by atoms with van der Waals surface area (Å²) in [5.41, 5.74) is 12.0. The number of aromatic nitrogens is 16. The third-order valence-electron chi connectivity index (χ3n) is 23.1. The Morgan fingerprint density at radius 1 is 0.415 bits per heavy atom. The maximum Gasteiger partial charge on any atom is 0.254 e. The van der Waals surface area contributed by atoms with Gasteiger partial charge in [0, 0.05) is 91.3 Å². The number of para-hydroxylation sites is 4. The number of carbonyl (C=O) groups excluding carboxylic acids is 4. The molecule has 8 aromatic heterocycles. The Morgan fingerprint density at radius 3 is 1.16 bits per heavy atom. The normalized spacial score (nSPS) is 13.3. The molecule has 0 aliphatic heterocycles.